The first-order valence-electron chi connectivity index (χ1n) is 5.42. The zero-order valence-electron chi connectivity index (χ0n) is 9.07. The lowest BCUT2D eigenvalue weighted by atomic mass is 9.98. The van der Waals surface area contributed by atoms with Crippen molar-refractivity contribution in [2.45, 2.75) is 45.6 Å². The Kier molecular flexibility index (Phi) is 5.20. The summed E-state index contributed by atoms with van der Waals surface area (Å²) in [5.74, 6) is 0.647. The van der Waals surface area contributed by atoms with E-state index in [1.165, 1.54) is 4.88 Å². The molecular weight excluding hydrogens is 192 g/mol. The molecule has 1 rings (SSSR count). The lowest BCUT2D eigenvalue weighted by Crippen LogP contribution is -2.12. The van der Waals surface area contributed by atoms with Crippen LogP contribution in [-0.2, 0) is 6.42 Å². The van der Waals surface area contributed by atoms with Crippen LogP contribution < -0.4 is 0 Å². The Morgan fingerprint density at radius 2 is 2.29 bits per heavy atom. The Balaban J connectivity index is 2.18. The fourth-order valence-corrected chi connectivity index (χ4v) is 2.24. The number of thiophene rings is 1. The van der Waals surface area contributed by atoms with Gasteiger partial charge >= 0.3 is 0 Å². The molecule has 1 aromatic heterocycles. The summed E-state index contributed by atoms with van der Waals surface area (Å²) in [4.78, 5) is 1.38. The molecule has 1 heterocycles. The highest BCUT2D eigenvalue weighted by atomic mass is 32.1. The quantitative estimate of drug-likeness (QED) is 0.765. The second-order valence-electron chi connectivity index (χ2n) is 4.02. The molecule has 1 nitrogen and oxygen atoms in total. The molecule has 1 aromatic rings. The molecular formula is C12H20OS. The molecule has 0 aromatic carbocycles. The van der Waals surface area contributed by atoms with Gasteiger partial charge in [-0.05, 0) is 36.6 Å². The van der Waals surface area contributed by atoms with E-state index in [0.717, 1.165) is 25.7 Å². The Labute approximate surface area is 90.8 Å². The first-order chi connectivity index (χ1) is 6.72. The molecule has 2 atom stereocenters. The topological polar surface area (TPSA) is 20.2 Å². The third-order valence-electron chi connectivity index (χ3n) is 2.68. The van der Waals surface area contributed by atoms with Crippen LogP contribution in [0.3, 0.4) is 0 Å². The van der Waals surface area contributed by atoms with Gasteiger partial charge in [0, 0.05) is 4.88 Å². The van der Waals surface area contributed by atoms with E-state index in [2.05, 4.69) is 31.4 Å². The van der Waals surface area contributed by atoms with E-state index in [4.69, 9.17) is 0 Å². The minimum absolute atomic E-state index is 0.118. The predicted octanol–water partition coefficient (Wildman–Crippen LogP) is 3.48. The fourth-order valence-electron chi connectivity index (χ4n) is 1.51. The molecule has 0 aliphatic carbocycles. The van der Waals surface area contributed by atoms with Gasteiger partial charge in [0.1, 0.15) is 0 Å². The van der Waals surface area contributed by atoms with Gasteiger partial charge in [0.15, 0.2) is 0 Å². The highest BCUT2D eigenvalue weighted by molar-refractivity contribution is 7.09. The van der Waals surface area contributed by atoms with Crippen molar-refractivity contribution in [3.63, 3.8) is 0 Å². The molecule has 80 valence electrons. The van der Waals surface area contributed by atoms with Crippen molar-refractivity contribution in [3.05, 3.63) is 22.4 Å². The lowest BCUT2D eigenvalue weighted by molar-refractivity contribution is 0.136. The van der Waals surface area contributed by atoms with E-state index in [-0.39, 0.29) is 6.10 Å². The van der Waals surface area contributed by atoms with Gasteiger partial charge < -0.3 is 5.11 Å². The molecule has 14 heavy (non-hydrogen) atoms. The predicted molar refractivity (Wildman–Crippen MR) is 62.7 cm³/mol. The summed E-state index contributed by atoms with van der Waals surface area (Å²) in [6.45, 7) is 4.38. The van der Waals surface area contributed by atoms with Crippen LogP contribution in [0.4, 0.5) is 0 Å². The van der Waals surface area contributed by atoms with Crippen LogP contribution in [0.2, 0.25) is 0 Å². The van der Waals surface area contributed by atoms with Gasteiger partial charge in [-0.1, -0.05) is 26.3 Å². The van der Waals surface area contributed by atoms with Crippen LogP contribution in [-0.4, -0.2) is 11.2 Å². The number of aryl methyl sites for hydroxylation is 1. The fraction of sp³-hybridized carbons (Fsp3) is 0.667. The van der Waals surface area contributed by atoms with Crippen molar-refractivity contribution in [1.82, 2.24) is 0 Å². The van der Waals surface area contributed by atoms with Crippen molar-refractivity contribution in [1.29, 1.82) is 0 Å². The zero-order valence-corrected chi connectivity index (χ0v) is 9.89. The molecule has 0 spiro atoms. The normalized spacial score (nSPS) is 15.4. The monoisotopic (exact) mass is 212 g/mol. The van der Waals surface area contributed by atoms with Gasteiger partial charge in [0.2, 0.25) is 0 Å². The van der Waals surface area contributed by atoms with Crippen LogP contribution >= 0.6 is 11.3 Å². The van der Waals surface area contributed by atoms with Crippen LogP contribution in [0.5, 0.6) is 0 Å². The van der Waals surface area contributed by atoms with E-state index in [9.17, 15) is 5.11 Å². The third kappa shape index (κ3) is 4.25. The molecule has 0 aliphatic heterocycles. The summed E-state index contributed by atoms with van der Waals surface area (Å²) in [6, 6.07) is 4.21. The molecule has 0 saturated carbocycles. The SMILES string of the molecule is CCC(C)CC(O)CCc1cccs1. The molecule has 0 aliphatic rings. The van der Waals surface area contributed by atoms with Crippen molar-refractivity contribution < 1.29 is 5.11 Å². The maximum Gasteiger partial charge on any atom is 0.0546 e. The molecule has 0 radical (unpaired) electrons. The molecule has 0 bridgehead atoms. The van der Waals surface area contributed by atoms with Crippen LogP contribution in [0.25, 0.3) is 0 Å². The maximum atomic E-state index is 9.75. The van der Waals surface area contributed by atoms with Crippen molar-refractivity contribution in [2.24, 2.45) is 5.92 Å². The number of aliphatic hydroxyl groups is 1. The number of rotatable bonds is 6. The lowest BCUT2D eigenvalue weighted by Gasteiger charge is -2.14. The van der Waals surface area contributed by atoms with Crippen molar-refractivity contribution >= 4 is 11.3 Å². The molecule has 2 unspecified atom stereocenters. The van der Waals surface area contributed by atoms with Gasteiger partial charge in [-0.25, -0.2) is 0 Å². The average molecular weight is 212 g/mol. The molecule has 1 N–H and O–H groups in total. The first-order valence-corrected chi connectivity index (χ1v) is 6.30. The second-order valence-corrected chi connectivity index (χ2v) is 5.05. The van der Waals surface area contributed by atoms with Crippen molar-refractivity contribution in [2.75, 3.05) is 0 Å². The first kappa shape index (κ1) is 11.7. The summed E-state index contributed by atoms with van der Waals surface area (Å²) in [7, 11) is 0. The molecule has 0 fully saturated rings. The smallest absolute Gasteiger partial charge is 0.0546 e. The Bertz CT molecular complexity index is 230. The van der Waals surface area contributed by atoms with Crippen LogP contribution in [0.1, 0.15) is 38.0 Å². The number of aliphatic hydroxyl groups excluding tert-OH is 1. The summed E-state index contributed by atoms with van der Waals surface area (Å²) in [5, 5.41) is 11.8. The zero-order chi connectivity index (χ0) is 10.4. The van der Waals surface area contributed by atoms with Crippen LogP contribution in [0.15, 0.2) is 17.5 Å². The summed E-state index contributed by atoms with van der Waals surface area (Å²) < 4.78 is 0. The molecule has 2 heteroatoms. The Morgan fingerprint density at radius 3 is 2.86 bits per heavy atom. The highest BCUT2D eigenvalue weighted by Gasteiger charge is 2.09. The van der Waals surface area contributed by atoms with E-state index < -0.39 is 0 Å². The highest BCUT2D eigenvalue weighted by Crippen LogP contribution is 2.16. The standard InChI is InChI=1S/C12H20OS/c1-3-10(2)9-11(13)6-7-12-5-4-8-14-12/h4-5,8,10-11,13H,3,6-7,9H2,1-2H3. The molecule has 0 amide bonds. The van der Waals surface area contributed by atoms with Crippen LogP contribution in [0, 0.1) is 5.92 Å². The largest absolute Gasteiger partial charge is 0.393 e. The summed E-state index contributed by atoms with van der Waals surface area (Å²) in [5.41, 5.74) is 0. The minimum Gasteiger partial charge on any atom is -0.393 e. The van der Waals surface area contributed by atoms with Gasteiger partial charge in [0.05, 0.1) is 6.10 Å². The number of hydrogen-bond donors (Lipinski definition) is 1. The Hall–Kier alpha value is -0.340. The van der Waals surface area contributed by atoms with Gasteiger partial charge in [-0.15, -0.1) is 11.3 Å². The summed E-state index contributed by atoms with van der Waals surface area (Å²) in [6.07, 6.45) is 3.92. The third-order valence-corrected chi connectivity index (χ3v) is 3.61. The Morgan fingerprint density at radius 1 is 1.50 bits per heavy atom. The van der Waals surface area contributed by atoms with E-state index in [0.29, 0.717) is 5.92 Å². The summed E-state index contributed by atoms with van der Waals surface area (Å²) >= 11 is 1.78. The van der Waals surface area contributed by atoms with Gasteiger partial charge in [0.25, 0.3) is 0 Å². The van der Waals surface area contributed by atoms with E-state index >= 15 is 0 Å². The number of hydrogen-bond acceptors (Lipinski definition) is 2. The maximum absolute atomic E-state index is 9.75. The van der Waals surface area contributed by atoms with Gasteiger partial charge in [-0.2, -0.15) is 0 Å². The van der Waals surface area contributed by atoms with Gasteiger partial charge in [-0.3, -0.25) is 0 Å². The van der Waals surface area contributed by atoms with E-state index in [1.807, 2.05) is 0 Å². The second kappa shape index (κ2) is 6.20. The molecule has 0 saturated heterocycles. The van der Waals surface area contributed by atoms with E-state index in [1.54, 1.807) is 11.3 Å². The van der Waals surface area contributed by atoms with Crippen molar-refractivity contribution in [3.8, 4) is 0 Å². The minimum atomic E-state index is -0.118. The average Bonchev–Trinajstić information content (AvgIpc) is 2.67.